The van der Waals surface area contributed by atoms with Gasteiger partial charge in [-0.25, -0.2) is 23.5 Å². The number of sulfonamides is 1. The van der Waals surface area contributed by atoms with Gasteiger partial charge in [-0.2, -0.15) is 0 Å². The number of nitrogens with two attached hydrogens (primary N) is 2. The molecule has 0 spiro atoms. The minimum atomic E-state index is -4.00. The zero-order valence-corrected chi connectivity index (χ0v) is 20.9. The highest BCUT2D eigenvalue weighted by Gasteiger charge is 2.49. The first-order valence-corrected chi connectivity index (χ1v) is 12.6. The first kappa shape index (κ1) is 26.4. The van der Waals surface area contributed by atoms with Gasteiger partial charge in [0.25, 0.3) is 5.91 Å². The van der Waals surface area contributed by atoms with Crippen molar-refractivity contribution in [3.05, 3.63) is 72.1 Å². The Morgan fingerprint density at radius 3 is 2.50 bits per heavy atom. The van der Waals surface area contributed by atoms with Crippen LogP contribution in [0.3, 0.4) is 0 Å². The molecule has 1 aromatic heterocycles. The van der Waals surface area contributed by atoms with E-state index in [1.165, 1.54) is 31.6 Å². The summed E-state index contributed by atoms with van der Waals surface area (Å²) in [6.45, 7) is 0. The van der Waals surface area contributed by atoms with E-state index in [9.17, 15) is 18.0 Å². The van der Waals surface area contributed by atoms with Crippen LogP contribution in [-0.2, 0) is 29.2 Å². The molecule has 6 N–H and O–H groups in total. The second-order valence-electron chi connectivity index (χ2n) is 8.34. The maximum Gasteiger partial charge on any atom is 0.310 e. The van der Waals surface area contributed by atoms with Crippen molar-refractivity contribution in [3.8, 4) is 11.1 Å². The van der Waals surface area contributed by atoms with E-state index in [4.69, 9.17) is 25.9 Å². The molecule has 0 bridgehead atoms. The molecule has 13 nitrogen and oxygen atoms in total. The average molecular weight is 538 g/mol. The van der Waals surface area contributed by atoms with Gasteiger partial charge in [-0.3, -0.25) is 20.3 Å². The summed E-state index contributed by atoms with van der Waals surface area (Å²) in [6.07, 6.45) is 2.11. The summed E-state index contributed by atoms with van der Waals surface area (Å²) in [5.41, 5.74) is 5.84. The molecule has 0 saturated carbocycles. The monoisotopic (exact) mass is 537 g/mol. The maximum atomic E-state index is 13.3. The number of amides is 1. The van der Waals surface area contributed by atoms with Crippen molar-refractivity contribution in [1.82, 2.24) is 9.97 Å². The van der Waals surface area contributed by atoms with E-state index in [-0.39, 0.29) is 23.1 Å². The Bertz CT molecular complexity index is 1560. The number of oxime groups is 1. The predicted molar refractivity (Wildman–Crippen MR) is 137 cm³/mol. The molecule has 2 aromatic carbocycles. The Morgan fingerprint density at radius 1 is 1.13 bits per heavy atom. The van der Waals surface area contributed by atoms with E-state index in [0.29, 0.717) is 28.0 Å². The van der Waals surface area contributed by atoms with E-state index in [1.807, 2.05) is 0 Å². The molecule has 0 unspecified atom stereocenters. The smallest absolute Gasteiger partial charge is 0.310 e. The van der Waals surface area contributed by atoms with Gasteiger partial charge in [0, 0.05) is 41.1 Å². The van der Waals surface area contributed by atoms with Crippen LogP contribution in [0, 0.1) is 5.41 Å². The van der Waals surface area contributed by atoms with Gasteiger partial charge < -0.3 is 15.3 Å². The molecule has 0 radical (unpaired) electrons. The fraction of sp³-hybridized carbons (Fsp3) is 0.167. The molecule has 0 aliphatic carbocycles. The van der Waals surface area contributed by atoms with Crippen LogP contribution in [0.5, 0.6) is 0 Å². The minimum absolute atomic E-state index is 0.0882. The van der Waals surface area contributed by atoms with Crippen molar-refractivity contribution >= 4 is 39.4 Å². The summed E-state index contributed by atoms with van der Waals surface area (Å²) in [7, 11) is -2.81. The van der Waals surface area contributed by atoms with E-state index in [0.717, 1.165) is 0 Å². The summed E-state index contributed by atoms with van der Waals surface area (Å²) in [5.74, 6) is -1.71. The second-order valence-corrected chi connectivity index (χ2v) is 9.87. The maximum absolute atomic E-state index is 13.3. The average Bonchev–Trinajstić information content (AvgIpc) is 3.34. The number of nitrogens with one attached hydrogen (secondary N) is 2. The molecule has 4 rings (SSSR count). The number of nitrogen functional groups attached to an aromatic ring is 1. The van der Waals surface area contributed by atoms with Crippen LogP contribution in [0.15, 0.2) is 71.0 Å². The number of amidine groups is 1. The standard InChI is InChI=1S/C24H23N7O6S/c1-36-20(32)11-24(10-18(31-37-24)14-5-4-6-15(9-14)21(25)26)22(33)30-23-28-12-16(13-29-23)17-7-2-3-8-19(17)38(27,34)35/h2-9,12-13H,10-11H2,1H3,(H3,25,26)(H2,27,34,35)(H,28,29,30,33)/t24-/m1/s1. The number of methoxy groups -OCH3 is 1. The number of esters is 1. The number of nitrogens with zero attached hydrogens (tertiary/aromatic N) is 3. The molecule has 0 saturated heterocycles. The Morgan fingerprint density at radius 2 is 1.84 bits per heavy atom. The molecule has 1 aliphatic heterocycles. The largest absolute Gasteiger partial charge is 0.469 e. The predicted octanol–water partition coefficient (Wildman–Crippen LogP) is 1.14. The Kier molecular flexibility index (Phi) is 7.19. The lowest BCUT2D eigenvalue weighted by Gasteiger charge is -2.23. The van der Waals surface area contributed by atoms with Crippen LogP contribution in [0.2, 0.25) is 0 Å². The first-order chi connectivity index (χ1) is 18.0. The van der Waals surface area contributed by atoms with E-state index in [2.05, 4.69) is 20.4 Å². The first-order valence-electron chi connectivity index (χ1n) is 11.0. The van der Waals surface area contributed by atoms with Gasteiger partial charge in [-0.05, 0) is 12.1 Å². The number of rotatable bonds is 8. The van der Waals surface area contributed by atoms with Gasteiger partial charge in [-0.1, -0.05) is 41.6 Å². The molecule has 2 heterocycles. The SMILES string of the molecule is COC(=O)C[C@@]1(C(=O)Nc2ncc(-c3ccccc3S(N)(=O)=O)cn2)CC(c2cccc(C(=N)N)c2)=NO1. The van der Waals surface area contributed by atoms with E-state index >= 15 is 0 Å². The molecule has 0 fully saturated rings. The van der Waals surface area contributed by atoms with Crippen LogP contribution < -0.4 is 16.2 Å². The van der Waals surface area contributed by atoms with Crippen LogP contribution in [-0.4, -0.2) is 54.5 Å². The fourth-order valence-electron chi connectivity index (χ4n) is 3.80. The summed E-state index contributed by atoms with van der Waals surface area (Å²) >= 11 is 0. The Hall–Kier alpha value is -4.69. The van der Waals surface area contributed by atoms with Crippen molar-refractivity contribution in [2.24, 2.45) is 16.0 Å². The molecule has 1 atom stereocenters. The molecular weight excluding hydrogens is 514 g/mol. The van der Waals surface area contributed by atoms with E-state index < -0.39 is 33.9 Å². The number of hydrogen-bond donors (Lipinski definition) is 4. The number of carbonyl (C=O) groups is 2. The highest BCUT2D eigenvalue weighted by atomic mass is 32.2. The van der Waals surface area contributed by atoms with Crippen LogP contribution in [0.1, 0.15) is 24.0 Å². The second kappa shape index (κ2) is 10.4. The third-order valence-corrected chi connectivity index (χ3v) is 6.71. The Labute approximate surface area is 217 Å². The quantitative estimate of drug-likeness (QED) is 0.184. The van der Waals surface area contributed by atoms with Gasteiger partial charge in [0.1, 0.15) is 5.84 Å². The fourth-order valence-corrected chi connectivity index (χ4v) is 4.56. The summed E-state index contributed by atoms with van der Waals surface area (Å²) in [5, 5.41) is 19.5. The summed E-state index contributed by atoms with van der Waals surface area (Å²) in [4.78, 5) is 39.1. The lowest BCUT2D eigenvalue weighted by Crippen LogP contribution is -2.45. The van der Waals surface area contributed by atoms with Crippen LogP contribution >= 0.6 is 0 Å². The molecule has 1 amide bonds. The van der Waals surface area contributed by atoms with E-state index in [1.54, 1.807) is 36.4 Å². The summed E-state index contributed by atoms with van der Waals surface area (Å²) in [6, 6.07) is 12.7. The molecule has 196 valence electrons. The van der Waals surface area contributed by atoms with Gasteiger partial charge in [0.15, 0.2) is 0 Å². The number of hydrogen-bond acceptors (Lipinski definition) is 10. The lowest BCUT2D eigenvalue weighted by atomic mass is 9.89. The van der Waals surface area contributed by atoms with Crippen molar-refractivity contribution in [2.75, 3.05) is 12.4 Å². The molecule has 38 heavy (non-hydrogen) atoms. The minimum Gasteiger partial charge on any atom is -0.469 e. The topological polar surface area (TPSA) is 213 Å². The zero-order chi connectivity index (χ0) is 27.5. The molecule has 3 aromatic rings. The van der Waals surface area contributed by atoms with Gasteiger partial charge in [0.05, 0.1) is 24.1 Å². The highest BCUT2D eigenvalue weighted by molar-refractivity contribution is 7.89. The van der Waals surface area contributed by atoms with Crippen LogP contribution in [0.25, 0.3) is 11.1 Å². The van der Waals surface area contributed by atoms with Gasteiger partial charge >= 0.3 is 5.97 Å². The molecular formula is C24H23N7O6S. The van der Waals surface area contributed by atoms with Crippen molar-refractivity contribution in [2.45, 2.75) is 23.3 Å². The number of carbonyl (C=O) groups excluding carboxylic acids is 2. The third-order valence-electron chi connectivity index (χ3n) is 5.74. The number of ether oxygens (including phenoxy) is 1. The van der Waals surface area contributed by atoms with Crippen molar-refractivity contribution in [1.29, 1.82) is 5.41 Å². The number of aromatic nitrogens is 2. The zero-order valence-electron chi connectivity index (χ0n) is 20.0. The van der Waals surface area contributed by atoms with Gasteiger partial charge in [-0.15, -0.1) is 0 Å². The third kappa shape index (κ3) is 5.50. The summed E-state index contributed by atoms with van der Waals surface area (Å²) < 4.78 is 28.6. The number of primary sulfonamides is 1. The molecule has 14 heteroatoms. The van der Waals surface area contributed by atoms with Crippen molar-refractivity contribution in [3.63, 3.8) is 0 Å². The number of anilines is 1. The number of benzene rings is 2. The Balaban J connectivity index is 1.57. The lowest BCUT2D eigenvalue weighted by molar-refractivity contribution is -0.155. The van der Waals surface area contributed by atoms with Crippen molar-refractivity contribution < 1.29 is 27.6 Å². The normalized spacial score (nSPS) is 16.7. The van der Waals surface area contributed by atoms with Gasteiger partial charge in [0.2, 0.25) is 21.6 Å². The highest BCUT2D eigenvalue weighted by Crippen LogP contribution is 2.32. The van der Waals surface area contributed by atoms with Crippen LogP contribution in [0.4, 0.5) is 5.95 Å². The molecule has 1 aliphatic rings.